The molecular formula is C7H9NO5. The summed E-state index contributed by atoms with van der Waals surface area (Å²) in [5.74, 6) is -0.607. The predicted molar refractivity (Wildman–Crippen MR) is 40.2 cm³/mol. The molecule has 1 heterocycles. The van der Waals surface area contributed by atoms with E-state index < -0.39 is 12.8 Å². The number of aliphatic hydroxyl groups excluding tert-OH is 1. The van der Waals surface area contributed by atoms with Gasteiger partial charge in [0.2, 0.25) is 0 Å². The number of carbonyl (C=O) groups excluding carboxylic acids is 1. The molecule has 0 bridgehead atoms. The summed E-state index contributed by atoms with van der Waals surface area (Å²) in [5.41, 5.74) is 0.0188. The summed E-state index contributed by atoms with van der Waals surface area (Å²) in [4.78, 5) is 11.0. The van der Waals surface area contributed by atoms with Crippen molar-refractivity contribution in [2.75, 3.05) is 13.4 Å². The zero-order valence-corrected chi connectivity index (χ0v) is 7.02. The summed E-state index contributed by atoms with van der Waals surface area (Å²) >= 11 is 0. The fraction of sp³-hybridized carbons (Fsp3) is 0.429. The van der Waals surface area contributed by atoms with Crippen LogP contribution in [-0.4, -0.2) is 29.6 Å². The Hall–Kier alpha value is -1.56. The average molecular weight is 187 g/mol. The fourth-order valence-corrected chi connectivity index (χ4v) is 0.691. The van der Waals surface area contributed by atoms with Crippen LogP contribution >= 0.6 is 0 Å². The molecule has 0 saturated heterocycles. The molecule has 0 amide bonds. The van der Waals surface area contributed by atoms with Gasteiger partial charge in [-0.15, -0.1) is 0 Å². The first-order valence-electron chi connectivity index (χ1n) is 3.65. The number of nitrogens with zero attached hydrogens (tertiary/aromatic N) is 1. The Morgan fingerprint density at radius 2 is 2.54 bits per heavy atom. The molecule has 0 saturated carbocycles. The van der Waals surface area contributed by atoms with Crippen LogP contribution in [0.1, 0.15) is 17.4 Å². The van der Waals surface area contributed by atoms with Crippen molar-refractivity contribution in [1.29, 1.82) is 0 Å². The van der Waals surface area contributed by atoms with Gasteiger partial charge >= 0.3 is 11.9 Å². The highest BCUT2D eigenvalue weighted by Gasteiger charge is 2.13. The van der Waals surface area contributed by atoms with Crippen LogP contribution in [0.2, 0.25) is 0 Å². The van der Waals surface area contributed by atoms with E-state index in [0.717, 1.165) is 0 Å². The maximum absolute atomic E-state index is 11.0. The van der Waals surface area contributed by atoms with Gasteiger partial charge in [0.05, 0.1) is 12.7 Å². The van der Waals surface area contributed by atoms with Crippen molar-refractivity contribution in [2.45, 2.75) is 6.92 Å². The Bertz CT molecular complexity index is 282. The van der Waals surface area contributed by atoms with Gasteiger partial charge in [0.25, 0.3) is 0 Å². The van der Waals surface area contributed by atoms with Gasteiger partial charge in [-0.2, -0.15) is 0 Å². The third kappa shape index (κ3) is 2.45. The maximum Gasteiger partial charge on any atom is 0.360 e. The van der Waals surface area contributed by atoms with Crippen molar-refractivity contribution in [3.05, 3.63) is 11.8 Å². The van der Waals surface area contributed by atoms with Gasteiger partial charge in [-0.25, -0.2) is 4.79 Å². The first-order chi connectivity index (χ1) is 6.27. The van der Waals surface area contributed by atoms with Crippen LogP contribution in [0.5, 0.6) is 5.95 Å². The Morgan fingerprint density at radius 1 is 1.77 bits per heavy atom. The minimum Gasteiger partial charge on any atom is -0.461 e. The molecule has 1 rings (SSSR count). The summed E-state index contributed by atoms with van der Waals surface area (Å²) in [7, 11) is 0. The van der Waals surface area contributed by atoms with Crippen LogP contribution in [0.3, 0.4) is 0 Å². The number of aliphatic hydroxyl groups is 1. The van der Waals surface area contributed by atoms with Crippen molar-refractivity contribution in [1.82, 2.24) is 5.16 Å². The lowest BCUT2D eigenvalue weighted by molar-refractivity contribution is 0.0512. The molecule has 0 unspecified atom stereocenters. The Labute approximate surface area is 74.0 Å². The molecule has 13 heavy (non-hydrogen) atoms. The van der Waals surface area contributed by atoms with Crippen LogP contribution in [-0.2, 0) is 4.74 Å². The van der Waals surface area contributed by atoms with Gasteiger partial charge in [0.1, 0.15) is 0 Å². The smallest absolute Gasteiger partial charge is 0.360 e. The van der Waals surface area contributed by atoms with E-state index in [1.807, 2.05) is 0 Å². The molecular weight excluding hydrogens is 178 g/mol. The third-order valence-electron chi connectivity index (χ3n) is 1.18. The molecule has 1 aromatic heterocycles. The van der Waals surface area contributed by atoms with Crippen molar-refractivity contribution in [3.63, 3.8) is 0 Å². The summed E-state index contributed by atoms with van der Waals surface area (Å²) in [6.07, 6.45) is 0. The van der Waals surface area contributed by atoms with E-state index in [0.29, 0.717) is 0 Å². The van der Waals surface area contributed by atoms with Crippen molar-refractivity contribution >= 4 is 5.97 Å². The van der Waals surface area contributed by atoms with Crippen LogP contribution < -0.4 is 4.74 Å². The molecule has 0 aliphatic rings. The second kappa shape index (κ2) is 4.46. The van der Waals surface area contributed by atoms with Gasteiger partial charge in [-0.1, -0.05) is 5.16 Å². The number of hydrogen-bond donors (Lipinski definition) is 1. The fourth-order valence-electron chi connectivity index (χ4n) is 0.691. The monoisotopic (exact) mass is 187 g/mol. The number of aromatic nitrogens is 1. The highest BCUT2D eigenvalue weighted by atomic mass is 16.7. The normalized spacial score (nSPS) is 9.69. The molecule has 0 aromatic carbocycles. The van der Waals surface area contributed by atoms with Gasteiger partial charge in [-0.05, 0) is 6.92 Å². The highest BCUT2D eigenvalue weighted by Crippen LogP contribution is 2.12. The minimum atomic E-state index is -0.584. The van der Waals surface area contributed by atoms with Crippen molar-refractivity contribution < 1.29 is 23.9 Å². The zero-order valence-electron chi connectivity index (χ0n) is 7.02. The highest BCUT2D eigenvalue weighted by molar-refractivity contribution is 5.87. The second-order valence-corrected chi connectivity index (χ2v) is 2.03. The molecule has 0 aliphatic carbocycles. The molecule has 6 heteroatoms. The molecule has 0 spiro atoms. The lowest BCUT2D eigenvalue weighted by Gasteiger charge is -1.94. The molecule has 1 N–H and O–H groups in total. The van der Waals surface area contributed by atoms with Crippen LogP contribution in [0.4, 0.5) is 0 Å². The molecule has 72 valence electrons. The minimum absolute atomic E-state index is 0.0188. The Kier molecular flexibility index (Phi) is 3.27. The standard InChI is InChI=1S/C7H9NO5/c1-2-11-7(10)5-3-6(12-4-9)13-8-5/h3,9H,2,4H2,1H3. The number of carbonyl (C=O) groups is 1. The molecule has 0 aliphatic heterocycles. The number of ether oxygens (including phenoxy) is 2. The number of rotatable bonds is 4. The van der Waals surface area contributed by atoms with Crippen LogP contribution in [0.15, 0.2) is 10.6 Å². The molecule has 6 nitrogen and oxygen atoms in total. The lowest BCUT2D eigenvalue weighted by Crippen LogP contribution is -2.04. The predicted octanol–water partition coefficient (Wildman–Crippen LogP) is 0.180. The first-order valence-corrected chi connectivity index (χ1v) is 3.65. The summed E-state index contributed by atoms with van der Waals surface area (Å²) in [6.45, 7) is 1.42. The zero-order chi connectivity index (χ0) is 9.68. The number of esters is 1. The average Bonchev–Trinajstić information content (AvgIpc) is 2.54. The van der Waals surface area contributed by atoms with Gasteiger partial charge in [0, 0.05) is 0 Å². The van der Waals surface area contributed by atoms with E-state index in [1.165, 1.54) is 6.07 Å². The van der Waals surface area contributed by atoms with Crippen molar-refractivity contribution in [3.8, 4) is 5.95 Å². The summed E-state index contributed by atoms with van der Waals surface area (Å²) in [5, 5.41) is 11.7. The van der Waals surface area contributed by atoms with E-state index >= 15 is 0 Å². The molecule has 0 atom stereocenters. The second-order valence-electron chi connectivity index (χ2n) is 2.03. The number of hydrogen-bond acceptors (Lipinski definition) is 6. The van der Waals surface area contributed by atoms with Crippen LogP contribution in [0, 0.1) is 0 Å². The van der Waals surface area contributed by atoms with Gasteiger partial charge < -0.3 is 19.1 Å². The summed E-state index contributed by atoms with van der Waals surface area (Å²) < 4.78 is 13.7. The molecule has 0 radical (unpaired) electrons. The van der Waals surface area contributed by atoms with E-state index in [2.05, 4.69) is 19.2 Å². The van der Waals surface area contributed by atoms with Crippen LogP contribution in [0.25, 0.3) is 0 Å². The lowest BCUT2D eigenvalue weighted by atomic mass is 10.4. The molecule has 1 aromatic rings. The Balaban J connectivity index is 2.62. The topological polar surface area (TPSA) is 81.8 Å². The molecule has 0 fully saturated rings. The SMILES string of the molecule is CCOC(=O)c1cc(OCO)on1. The van der Waals surface area contributed by atoms with Gasteiger partial charge in [-0.3, -0.25) is 0 Å². The van der Waals surface area contributed by atoms with Crippen molar-refractivity contribution in [2.24, 2.45) is 0 Å². The quantitative estimate of drug-likeness (QED) is 0.534. The summed E-state index contributed by atoms with van der Waals surface area (Å²) in [6, 6.07) is 1.24. The van der Waals surface area contributed by atoms with E-state index in [1.54, 1.807) is 6.92 Å². The van der Waals surface area contributed by atoms with E-state index in [-0.39, 0.29) is 18.2 Å². The Morgan fingerprint density at radius 3 is 3.15 bits per heavy atom. The van der Waals surface area contributed by atoms with E-state index in [9.17, 15) is 4.79 Å². The van der Waals surface area contributed by atoms with Gasteiger partial charge in [0.15, 0.2) is 12.5 Å². The maximum atomic E-state index is 11.0. The first kappa shape index (κ1) is 9.53. The third-order valence-corrected chi connectivity index (χ3v) is 1.18. The van der Waals surface area contributed by atoms with E-state index in [4.69, 9.17) is 5.11 Å². The largest absolute Gasteiger partial charge is 0.461 e.